The second kappa shape index (κ2) is 4.28. The van der Waals surface area contributed by atoms with E-state index in [0.717, 1.165) is 11.4 Å². The molecule has 19 heavy (non-hydrogen) atoms. The predicted octanol–water partition coefficient (Wildman–Crippen LogP) is 2.57. The molecule has 0 saturated heterocycles. The molecule has 2 heterocycles. The van der Waals surface area contributed by atoms with Crippen LogP contribution in [-0.4, -0.2) is 18.2 Å². The van der Waals surface area contributed by atoms with Gasteiger partial charge in [0.15, 0.2) is 11.5 Å². The molecule has 1 aromatic heterocycles. The van der Waals surface area contributed by atoms with E-state index >= 15 is 0 Å². The fourth-order valence-corrected chi connectivity index (χ4v) is 2.09. The summed E-state index contributed by atoms with van der Waals surface area (Å²) in [5, 5.41) is 2.80. The SMILES string of the molecule is CC(=O)c1ccc(N2CC(=O)Nc3ccccc32)o1. The Labute approximate surface area is 109 Å². The number of carbonyl (C=O) groups excluding carboxylic acids is 2. The molecule has 2 aromatic rings. The standard InChI is InChI=1S/C14H12N2O3/c1-9(17)12-6-7-14(19-12)16-8-13(18)15-10-4-2-3-5-11(10)16/h2-7H,8H2,1H3,(H,15,18). The van der Waals surface area contributed by atoms with Gasteiger partial charge in [0.05, 0.1) is 11.4 Å². The highest BCUT2D eigenvalue weighted by molar-refractivity contribution is 6.03. The highest BCUT2D eigenvalue weighted by Gasteiger charge is 2.25. The van der Waals surface area contributed by atoms with Crippen LogP contribution < -0.4 is 10.2 Å². The van der Waals surface area contributed by atoms with Crippen molar-refractivity contribution in [2.24, 2.45) is 0 Å². The zero-order valence-corrected chi connectivity index (χ0v) is 10.3. The van der Waals surface area contributed by atoms with Gasteiger partial charge in [0.2, 0.25) is 11.8 Å². The number of Topliss-reactive ketones (excluding diaryl/α,β-unsaturated/α-hetero) is 1. The number of ketones is 1. The average molecular weight is 256 g/mol. The molecule has 0 spiro atoms. The number of nitrogens with one attached hydrogen (secondary N) is 1. The normalized spacial score (nSPS) is 13.9. The van der Waals surface area contributed by atoms with Crippen LogP contribution in [0, 0.1) is 0 Å². The fourth-order valence-electron chi connectivity index (χ4n) is 2.09. The van der Waals surface area contributed by atoms with Crippen molar-refractivity contribution < 1.29 is 14.0 Å². The maximum Gasteiger partial charge on any atom is 0.244 e. The van der Waals surface area contributed by atoms with Crippen LogP contribution in [0.15, 0.2) is 40.8 Å². The lowest BCUT2D eigenvalue weighted by Crippen LogP contribution is -2.34. The molecule has 0 fully saturated rings. The second-order valence-corrected chi connectivity index (χ2v) is 4.35. The van der Waals surface area contributed by atoms with Gasteiger partial charge in [-0.15, -0.1) is 0 Å². The molecule has 1 amide bonds. The van der Waals surface area contributed by atoms with Gasteiger partial charge in [0, 0.05) is 13.0 Å². The van der Waals surface area contributed by atoms with Crippen molar-refractivity contribution in [3.63, 3.8) is 0 Å². The third kappa shape index (κ3) is 1.99. The molecule has 0 radical (unpaired) electrons. The van der Waals surface area contributed by atoms with Crippen LogP contribution >= 0.6 is 0 Å². The minimum absolute atomic E-state index is 0.112. The minimum Gasteiger partial charge on any atom is -0.437 e. The first-order valence-electron chi connectivity index (χ1n) is 5.92. The number of carbonyl (C=O) groups is 2. The molecule has 3 rings (SSSR count). The predicted molar refractivity (Wildman–Crippen MR) is 70.8 cm³/mol. The number of anilines is 3. The number of rotatable bonds is 2. The Morgan fingerprint density at radius 3 is 2.79 bits per heavy atom. The zero-order valence-electron chi connectivity index (χ0n) is 10.3. The first-order chi connectivity index (χ1) is 9.15. The maximum atomic E-state index is 11.7. The molecule has 1 aliphatic heterocycles. The number of amides is 1. The summed E-state index contributed by atoms with van der Waals surface area (Å²) in [6.07, 6.45) is 0. The fraction of sp³-hybridized carbons (Fsp3) is 0.143. The van der Waals surface area contributed by atoms with Crippen molar-refractivity contribution in [2.45, 2.75) is 6.92 Å². The molecule has 1 aromatic carbocycles. The number of nitrogens with zero attached hydrogens (tertiary/aromatic N) is 1. The number of para-hydroxylation sites is 2. The molecule has 0 atom stereocenters. The molecule has 0 bridgehead atoms. The molecule has 0 unspecified atom stereocenters. The summed E-state index contributed by atoms with van der Waals surface area (Å²) in [6.45, 7) is 1.61. The summed E-state index contributed by atoms with van der Waals surface area (Å²) < 4.78 is 5.49. The van der Waals surface area contributed by atoms with Crippen molar-refractivity contribution in [1.82, 2.24) is 0 Å². The van der Waals surface area contributed by atoms with Gasteiger partial charge in [-0.3, -0.25) is 9.59 Å². The van der Waals surface area contributed by atoms with Crippen molar-refractivity contribution in [2.75, 3.05) is 16.8 Å². The van der Waals surface area contributed by atoms with E-state index in [1.807, 2.05) is 24.3 Å². The Morgan fingerprint density at radius 1 is 1.26 bits per heavy atom. The maximum absolute atomic E-state index is 11.7. The molecule has 1 N–H and O–H groups in total. The Morgan fingerprint density at radius 2 is 2.05 bits per heavy atom. The molecule has 96 valence electrons. The van der Waals surface area contributed by atoms with Gasteiger partial charge in [-0.1, -0.05) is 12.1 Å². The summed E-state index contributed by atoms with van der Waals surface area (Å²) in [5.74, 6) is 0.534. The lowest BCUT2D eigenvalue weighted by molar-refractivity contribution is -0.115. The summed E-state index contributed by atoms with van der Waals surface area (Å²) in [4.78, 5) is 24.7. The van der Waals surface area contributed by atoms with Gasteiger partial charge < -0.3 is 14.6 Å². The lowest BCUT2D eigenvalue weighted by Gasteiger charge is -2.28. The van der Waals surface area contributed by atoms with E-state index in [0.29, 0.717) is 11.6 Å². The van der Waals surface area contributed by atoms with E-state index in [1.54, 1.807) is 17.0 Å². The summed E-state index contributed by atoms with van der Waals surface area (Å²) in [7, 11) is 0. The lowest BCUT2D eigenvalue weighted by atomic mass is 10.2. The van der Waals surface area contributed by atoms with E-state index < -0.39 is 0 Å². The van der Waals surface area contributed by atoms with E-state index in [4.69, 9.17) is 4.42 Å². The average Bonchev–Trinajstić information content (AvgIpc) is 2.87. The van der Waals surface area contributed by atoms with Crippen LogP contribution in [0.3, 0.4) is 0 Å². The van der Waals surface area contributed by atoms with Crippen molar-refractivity contribution in [1.29, 1.82) is 0 Å². The van der Waals surface area contributed by atoms with Crippen molar-refractivity contribution in [3.8, 4) is 0 Å². The molecular formula is C14H12N2O3. The molecule has 5 nitrogen and oxygen atoms in total. The van der Waals surface area contributed by atoms with Gasteiger partial charge in [0.1, 0.15) is 6.54 Å². The Balaban J connectivity index is 2.04. The Kier molecular flexibility index (Phi) is 2.59. The van der Waals surface area contributed by atoms with Crippen molar-refractivity contribution in [3.05, 3.63) is 42.2 Å². The molecule has 0 aliphatic carbocycles. The van der Waals surface area contributed by atoms with E-state index in [9.17, 15) is 9.59 Å². The summed E-state index contributed by atoms with van der Waals surface area (Å²) in [5.41, 5.74) is 1.59. The van der Waals surface area contributed by atoms with Gasteiger partial charge >= 0.3 is 0 Å². The van der Waals surface area contributed by atoms with E-state index in [1.165, 1.54) is 6.92 Å². The first-order valence-corrected chi connectivity index (χ1v) is 5.92. The van der Waals surface area contributed by atoms with Gasteiger partial charge in [-0.2, -0.15) is 0 Å². The summed E-state index contributed by atoms with van der Waals surface area (Å²) in [6, 6.07) is 10.8. The summed E-state index contributed by atoms with van der Waals surface area (Å²) >= 11 is 0. The van der Waals surface area contributed by atoms with Crippen molar-refractivity contribution >= 4 is 28.9 Å². The van der Waals surface area contributed by atoms with Gasteiger partial charge in [-0.25, -0.2) is 0 Å². The molecule has 5 heteroatoms. The topological polar surface area (TPSA) is 62.6 Å². The second-order valence-electron chi connectivity index (χ2n) is 4.35. The van der Waals surface area contributed by atoms with Crippen LogP contribution in [0.1, 0.15) is 17.5 Å². The molecular weight excluding hydrogens is 244 g/mol. The van der Waals surface area contributed by atoms with Crippen LogP contribution in [0.4, 0.5) is 17.3 Å². The van der Waals surface area contributed by atoms with Crippen LogP contribution in [-0.2, 0) is 4.79 Å². The zero-order chi connectivity index (χ0) is 13.4. The van der Waals surface area contributed by atoms with Crippen LogP contribution in [0.2, 0.25) is 0 Å². The van der Waals surface area contributed by atoms with Crippen LogP contribution in [0.25, 0.3) is 0 Å². The Bertz CT molecular complexity index is 660. The number of hydrogen-bond donors (Lipinski definition) is 1. The molecule has 1 aliphatic rings. The quantitative estimate of drug-likeness (QED) is 0.839. The first kappa shape index (κ1) is 11.5. The highest BCUT2D eigenvalue weighted by atomic mass is 16.4. The number of benzene rings is 1. The molecule has 0 saturated carbocycles. The van der Waals surface area contributed by atoms with Gasteiger partial charge in [-0.05, 0) is 18.2 Å². The van der Waals surface area contributed by atoms with E-state index in [2.05, 4.69) is 5.32 Å². The number of furan rings is 1. The third-order valence-electron chi connectivity index (χ3n) is 2.98. The smallest absolute Gasteiger partial charge is 0.244 e. The highest BCUT2D eigenvalue weighted by Crippen LogP contribution is 2.35. The number of fused-ring (bicyclic) bond motifs is 1. The van der Waals surface area contributed by atoms with Gasteiger partial charge in [0.25, 0.3) is 0 Å². The van der Waals surface area contributed by atoms with E-state index in [-0.39, 0.29) is 18.2 Å². The largest absolute Gasteiger partial charge is 0.437 e. The minimum atomic E-state index is -0.138. The number of hydrogen-bond acceptors (Lipinski definition) is 4. The Hall–Kier alpha value is -2.56. The third-order valence-corrected chi connectivity index (χ3v) is 2.98. The van der Waals surface area contributed by atoms with Crippen LogP contribution in [0.5, 0.6) is 0 Å². The monoisotopic (exact) mass is 256 g/mol.